The minimum Gasteiger partial charge on any atom is -0.382 e. The van der Waals surface area contributed by atoms with E-state index >= 15 is 0 Å². The molecule has 0 aromatic carbocycles. The maximum absolute atomic E-state index is 12.3. The van der Waals surface area contributed by atoms with E-state index in [4.69, 9.17) is 5.73 Å². The summed E-state index contributed by atoms with van der Waals surface area (Å²) in [6.45, 7) is 2.17. The second kappa shape index (κ2) is 6.31. The monoisotopic (exact) mass is 338 g/mol. The lowest BCUT2D eigenvalue weighted by Crippen LogP contribution is -2.18. The van der Waals surface area contributed by atoms with Crippen molar-refractivity contribution in [1.29, 1.82) is 0 Å². The molecule has 1 saturated carbocycles. The minimum atomic E-state index is -0.240. The van der Waals surface area contributed by atoms with Gasteiger partial charge in [0, 0.05) is 11.9 Å². The zero-order valence-corrected chi connectivity index (χ0v) is 14.3. The largest absolute Gasteiger partial charge is 0.382 e. The van der Waals surface area contributed by atoms with Gasteiger partial charge in [-0.3, -0.25) is 9.55 Å². The molecule has 0 aliphatic heterocycles. The molecule has 1 aliphatic rings. The molecule has 3 heterocycles. The molecule has 0 spiro atoms. The molecule has 1 fully saturated rings. The molecule has 0 saturated heterocycles. The SMILES string of the molecule is Cc1nc(N)c2[nH]c(=O)n(Cc3ccc(CCC4CCC4)nc3)c2n1. The highest BCUT2D eigenvalue weighted by molar-refractivity contribution is 5.81. The van der Waals surface area contributed by atoms with E-state index in [1.807, 2.05) is 12.3 Å². The number of hydrogen-bond donors (Lipinski definition) is 2. The number of nitrogen functional groups attached to an aromatic ring is 1. The number of nitrogens with two attached hydrogens (primary N) is 1. The van der Waals surface area contributed by atoms with E-state index in [-0.39, 0.29) is 5.69 Å². The molecular weight excluding hydrogens is 316 g/mol. The average molecular weight is 338 g/mol. The molecule has 4 rings (SSSR count). The number of pyridine rings is 1. The molecule has 3 aromatic rings. The molecular formula is C18H22N6O. The van der Waals surface area contributed by atoms with Gasteiger partial charge in [-0.1, -0.05) is 25.3 Å². The number of hydrogen-bond acceptors (Lipinski definition) is 5. The Morgan fingerprint density at radius 1 is 1.32 bits per heavy atom. The van der Waals surface area contributed by atoms with Gasteiger partial charge in [0.2, 0.25) is 0 Å². The van der Waals surface area contributed by atoms with Crippen LogP contribution in [0.1, 0.15) is 42.8 Å². The van der Waals surface area contributed by atoms with Crippen molar-refractivity contribution < 1.29 is 0 Å². The van der Waals surface area contributed by atoms with Crippen LogP contribution in [0, 0.1) is 12.8 Å². The van der Waals surface area contributed by atoms with Gasteiger partial charge in [0.05, 0.1) is 6.54 Å². The second-order valence-corrected chi connectivity index (χ2v) is 6.86. The van der Waals surface area contributed by atoms with E-state index in [9.17, 15) is 4.79 Å². The van der Waals surface area contributed by atoms with E-state index < -0.39 is 0 Å². The highest BCUT2D eigenvalue weighted by Crippen LogP contribution is 2.30. The molecule has 7 nitrogen and oxygen atoms in total. The number of imidazole rings is 1. The molecule has 25 heavy (non-hydrogen) atoms. The Morgan fingerprint density at radius 2 is 2.16 bits per heavy atom. The molecule has 3 N–H and O–H groups in total. The maximum Gasteiger partial charge on any atom is 0.328 e. The van der Waals surface area contributed by atoms with Gasteiger partial charge in [-0.05, 0) is 37.3 Å². The zero-order chi connectivity index (χ0) is 17.4. The first-order chi connectivity index (χ1) is 12.1. The predicted molar refractivity (Wildman–Crippen MR) is 96.3 cm³/mol. The van der Waals surface area contributed by atoms with Gasteiger partial charge in [0.25, 0.3) is 0 Å². The first kappa shape index (κ1) is 15.8. The number of rotatable bonds is 5. The first-order valence-corrected chi connectivity index (χ1v) is 8.76. The highest BCUT2D eigenvalue weighted by atomic mass is 16.1. The van der Waals surface area contributed by atoms with Gasteiger partial charge >= 0.3 is 5.69 Å². The molecule has 130 valence electrons. The van der Waals surface area contributed by atoms with Crippen LogP contribution in [0.4, 0.5) is 5.82 Å². The Labute approximate surface area is 145 Å². The zero-order valence-electron chi connectivity index (χ0n) is 14.3. The fourth-order valence-electron chi connectivity index (χ4n) is 3.32. The van der Waals surface area contributed by atoms with E-state index in [1.165, 1.54) is 25.7 Å². The van der Waals surface area contributed by atoms with Crippen molar-refractivity contribution in [3.05, 3.63) is 45.9 Å². The summed E-state index contributed by atoms with van der Waals surface area (Å²) < 4.78 is 1.57. The maximum atomic E-state index is 12.3. The van der Waals surface area contributed by atoms with Crippen LogP contribution in [0.15, 0.2) is 23.1 Å². The van der Waals surface area contributed by atoms with Crippen molar-refractivity contribution in [3.63, 3.8) is 0 Å². The lowest BCUT2D eigenvalue weighted by Gasteiger charge is -2.24. The average Bonchev–Trinajstić information content (AvgIpc) is 2.84. The molecule has 0 amide bonds. The van der Waals surface area contributed by atoms with Gasteiger partial charge < -0.3 is 10.7 Å². The second-order valence-electron chi connectivity index (χ2n) is 6.86. The van der Waals surface area contributed by atoms with Crippen LogP contribution >= 0.6 is 0 Å². The topological polar surface area (TPSA) is 102 Å². The summed E-state index contributed by atoms with van der Waals surface area (Å²) in [6.07, 6.45) is 8.21. The standard InChI is InChI=1S/C18H22N6O/c1-11-21-16(19)15-17(22-11)24(18(25)23-15)10-13-6-8-14(20-9-13)7-5-12-3-2-4-12/h6,8-9,12H,2-5,7,10H2,1H3,(H,23,25)(H2,19,21,22). The van der Waals surface area contributed by atoms with Crippen molar-refractivity contribution in [2.24, 2.45) is 5.92 Å². The van der Waals surface area contributed by atoms with Crippen LogP contribution in [-0.2, 0) is 13.0 Å². The predicted octanol–water partition coefficient (Wildman–Crippen LogP) is 2.19. The fraction of sp³-hybridized carbons (Fsp3) is 0.444. The van der Waals surface area contributed by atoms with Gasteiger partial charge in [0.15, 0.2) is 11.5 Å². The van der Waals surface area contributed by atoms with Crippen molar-refractivity contribution in [2.45, 2.75) is 45.6 Å². The van der Waals surface area contributed by atoms with Gasteiger partial charge in [0.1, 0.15) is 11.3 Å². The number of nitrogens with one attached hydrogen (secondary N) is 1. The number of aromatic nitrogens is 5. The smallest absolute Gasteiger partial charge is 0.328 e. The number of anilines is 1. The normalized spacial score (nSPS) is 14.8. The van der Waals surface area contributed by atoms with Crippen LogP contribution in [0.5, 0.6) is 0 Å². The lowest BCUT2D eigenvalue weighted by atomic mass is 9.82. The Hall–Kier alpha value is -2.70. The summed E-state index contributed by atoms with van der Waals surface area (Å²) in [5.41, 5.74) is 8.74. The number of nitrogens with zero attached hydrogens (tertiary/aromatic N) is 4. The third-order valence-electron chi connectivity index (χ3n) is 5.02. The van der Waals surface area contributed by atoms with Crippen LogP contribution in [0.25, 0.3) is 11.2 Å². The third kappa shape index (κ3) is 3.14. The van der Waals surface area contributed by atoms with Crippen LogP contribution in [0.2, 0.25) is 0 Å². The molecule has 0 atom stereocenters. The fourth-order valence-corrected chi connectivity index (χ4v) is 3.32. The summed E-state index contributed by atoms with van der Waals surface area (Å²) in [4.78, 5) is 28.0. The summed E-state index contributed by atoms with van der Waals surface area (Å²) in [6, 6.07) is 4.09. The van der Waals surface area contributed by atoms with Gasteiger partial charge in [-0.25, -0.2) is 14.8 Å². The number of aromatic amines is 1. The van der Waals surface area contributed by atoms with Crippen molar-refractivity contribution in [3.8, 4) is 0 Å². The molecule has 0 unspecified atom stereocenters. The van der Waals surface area contributed by atoms with Crippen molar-refractivity contribution >= 4 is 17.0 Å². The molecule has 0 radical (unpaired) electrons. The van der Waals surface area contributed by atoms with Gasteiger partial charge in [-0.2, -0.15) is 0 Å². The summed E-state index contributed by atoms with van der Waals surface area (Å²) in [5, 5.41) is 0. The number of H-pyrrole nitrogens is 1. The van der Waals surface area contributed by atoms with E-state index in [2.05, 4.69) is 26.0 Å². The number of fused-ring (bicyclic) bond motifs is 1. The van der Waals surface area contributed by atoms with Crippen LogP contribution < -0.4 is 11.4 Å². The Bertz CT molecular complexity index is 952. The quantitative estimate of drug-likeness (QED) is 0.742. The van der Waals surface area contributed by atoms with E-state index in [1.54, 1.807) is 11.5 Å². The lowest BCUT2D eigenvalue weighted by molar-refractivity contribution is 0.295. The Balaban J connectivity index is 1.54. The Morgan fingerprint density at radius 3 is 2.84 bits per heavy atom. The molecule has 0 bridgehead atoms. The highest BCUT2D eigenvalue weighted by Gasteiger charge is 2.17. The van der Waals surface area contributed by atoms with E-state index in [0.717, 1.165) is 23.6 Å². The van der Waals surface area contributed by atoms with Gasteiger partial charge in [-0.15, -0.1) is 0 Å². The van der Waals surface area contributed by atoms with Crippen molar-refractivity contribution in [2.75, 3.05) is 5.73 Å². The van der Waals surface area contributed by atoms with Crippen LogP contribution in [0.3, 0.4) is 0 Å². The third-order valence-corrected chi connectivity index (χ3v) is 5.02. The van der Waals surface area contributed by atoms with Crippen LogP contribution in [-0.4, -0.2) is 24.5 Å². The summed E-state index contributed by atoms with van der Waals surface area (Å²) >= 11 is 0. The summed E-state index contributed by atoms with van der Waals surface area (Å²) in [7, 11) is 0. The van der Waals surface area contributed by atoms with Crippen molar-refractivity contribution in [1.82, 2.24) is 24.5 Å². The molecule has 3 aromatic heterocycles. The first-order valence-electron chi connectivity index (χ1n) is 8.76. The molecule has 7 heteroatoms. The summed E-state index contributed by atoms with van der Waals surface area (Å²) in [5.74, 6) is 1.73. The minimum absolute atomic E-state index is 0.240. The molecule has 1 aliphatic carbocycles. The Kier molecular flexibility index (Phi) is 3.99. The number of aryl methyl sites for hydroxylation is 2. The van der Waals surface area contributed by atoms with E-state index in [0.29, 0.717) is 29.4 Å².